The summed E-state index contributed by atoms with van der Waals surface area (Å²) in [4.78, 5) is 46.2. The van der Waals surface area contributed by atoms with Gasteiger partial charge in [0.2, 0.25) is 11.8 Å². The first-order chi connectivity index (χ1) is 24.5. The fourth-order valence-corrected chi connectivity index (χ4v) is 7.92. The molecule has 2 heterocycles. The predicted molar refractivity (Wildman–Crippen MR) is 207 cm³/mol. The Balaban J connectivity index is 1.52. The Bertz CT molecular complexity index is 1550. The smallest absolute Gasteiger partial charge is 0.335 e. The molecule has 2 amide bonds. The summed E-state index contributed by atoms with van der Waals surface area (Å²) in [6, 6.07) is 20.9. The van der Waals surface area contributed by atoms with E-state index in [9.17, 15) is 19.5 Å². The minimum Gasteiger partial charge on any atom is -0.478 e. The Labute approximate surface area is 305 Å². The average Bonchev–Trinajstić information content (AvgIpc) is 3.11. The van der Waals surface area contributed by atoms with Gasteiger partial charge in [0.05, 0.1) is 17.6 Å². The highest BCUT2D eigenvalue weighted by molar-refractivity contribution is 6.06. The van der Waals surface area contributed by atoms with Crippen LogP contribution in [0.5, 0.6) is 0 Å². The SMILES string of the molecule is Cc1cc(C(C(=O)NC(CC(C)C)c2ccccc2N2CCCCC2)C(=O)NC(CC(C)C)c2ccccc2N2CCCCC2)ccc1C(=O)O. The molecule has 8 nitrogen and oxygen atoms in total. The molecule has 0 aromatic heterocycles. The van der Waals surface area contributed by atoms with Crippen LogP contribution in [-0.4, -0.2) is 49.1 Å². The van der Waals surface area contributed by atoms with Gasteiger partial charge >= 0.3 is 5.97 Å². The van der Waals surface area contributed by atoms with Gasteiger partial charge in [-0.3, -0.25) is 9.59 Å². The zero-order valence-electron chi connectivity index (χ0n) is 31.3. The summed E-state index contributed by atoms with van der Waals surface area (Å²) in [5.74, 6) is -2.42. The third-order valence-corrected chi connectivity index (χ3v) is 10.4. The van der Waals surface area contributed by atoms with Crippen LogP contribution in [0.15, 0.2) is 66.7 Å². The van der Waals surface area contributed by atoms with E-state index in [-0.39, 0.29) is 41.3 Å². The maximum absolute atomic E-state index is 14.7. The number of aromatic carboxylic acids is 1. The van der Waals surface area contributed by atoms with E-state index in [0.29, 0.717) is 24.0 Å². The Morgan fingerprint density at radius 1 is 0.647 bits per heavy atom. The number of nitrogens with zero attached hydrogens (tertiary/aromatic N) is 2. The first kappa shape index (κ1) is 37.9. The molecule has 0 aliphatic carbocycles. The molecular formula is C43H58N4O4. The second kappa shape index (κ2) is 17.7. The summed E-state index contributed by atoms with van der Waals surface area (Å²) >= 11 is 0. The van der Waals surface area contributed by atoms with Gasteiger partial charge in [0.25, 0.3) is 0 Å². The molecule has 2 atom stereocenters. The number of anilines is 2. The second-order valence-corrected chi connectivity index (χ2v) is 15.4. The van der Waals surface area contributed by atoms with Crippen LogP contribution >= 0.6 is 0 Å². The Morgan fingerprint density at radius 3 is 1.47 bits per heavy atom. The minimum absolute atomic E-state index is 0.152. The normalized spacial score (nSPS) is 16.8. The van der Waals surface area contributed by atoms with Crippen molar-refractivity contribution < 1.29 is 19.5 Å². The van der Waals surface area contributed by atoms with Crippen LogP contribution in [0.4, 0.5) is 11.4 Å². The zero-order chi connectivity index (χ0) is 36.5. The van der Waals surface area contributed by atoms with E-state index in [1.165, 1.54) is 18.9 Å². The van der Waals surface area contributed by atoms with Crippen molar-refractivity contribution in [3.05, 3.63) is 94.5 Å². The first-order valence-electron chi connectivity index (χ1n) is 19.2. The number of piperidine rings is 2. The van der Waals surface area contributed by atoms with Crippen molar-refractivity contribution in [2.24, 2.45) is 11.8 Å². The molecule has 3 N–H and O–H groups in total. The Morgan fingerprint density at radius 2 is 1.08 bits per heavy atom. The van der Waals surface area contributed by atoms with Crippen molar-refractivity contribution in [3.63, 3.8) is 0 Å². The summed E-state index contributed by atoms with van der Waals surface area (Å²) in [5, 5.41) is 16.5. The highest BCUT2D eigenvalue weighted by atomic mass is 16.4. The van der Waals surface area contributed by atoms with Gasteiger partial charge in [-0.15, -0.1) is 0 Å². The van der Waals surface area contributed by atoms with Crippen LogP contribution < -0.4 is 20.4 Å². The van der Waals surface area contributed by atoms with Crippen molar-refractivity contribution in [2.75, 3.05) is 36.0 Å². The van der Waals surface area contributed by atoms with Gasteiger partial charge < -0.3 is 25.5 Å². The van der Waals surface area contributed by atoms with E-state index in [0.717, 1.165) is 74.4 Å². The Kier molecular flexibility index (Phi) is 13.2. The number of carbonyl (C=O) groups is 3. The van der Waals surface area contributed by atoms with E-state index in [1.54, 1.807) is 19.1 Å². The molecule has 2 fully saturated rings. The highest BCUT2D eigenvalue weighted by Crippen LogP contribution is 2.35. The highest BCUT2D eigenvalue weighted by Gasteiger charge is 2.34. The van der Waals surface area contributed by atoms with Gasteiger partial charge in [-0.2, -0.15) is 0 Å². The molecule has 2 aliphatic heterocycles. The number of hydrogen-bond donors (Lipinski definition) is 3. The summed E-state index contributed by atoms with van der Waals surface area (Å²) < 4.78 is 0. The number of nitrogens with one attached hydrogen (secondary N) is 2. The molecule has 0 saturated carbocycles. The van der Waals surface area contributed by atoms with Crippen LogP contribution in [0.2, 0.25) is 0 Å². The van der Waals surface area contributed by atoms with E-state index >= 15 is 0 Å². The molecule has 5 rings (SSSR count). The third kappa shape index (κ3) is 9.72. The molecule has 2 unspecified atom stereocenters. The van der Waals surface area contributed by atoms with E-state index < -0.39 is 11.9 Å². The molecule has 274 valence electrons. The fourth-order valence-electron chi connectivity index (χ4n) is 7.92. The van der Waals surface area contributed by atoms with Crippen molar-refractivity contribution >= 4 is 29.2 Å². The van der Waals surface area contributed by atoms with Gasteiger partial charge in [-0.25, -0.2) is 4.79 Å². The topological polar surface area (TPSA) is 102 Å². The summed E-state index contributed by atoms with van der Waals surface area (Å²) in [5.41, 5.74) is 5.54. The summed E-state index contributed by atoms with van der Waals surface area (Å²) in [6.07, 6.45) is 8.43. The lowest BCUT2D eigenvalue weighted by molar-refractivity contribution is -0.132. The largest absolute Gasteiger partial charge is 0.478 e. The van der Waals surface area contributed by atoms with E-state index in [4.69, 9.17) is 0 Å². The van der Waals surface area contributed by atoms with Crippen molar-refractivity contribution in [2.45, 2.75) is 104 Å². The molecule has 3 aromatic carbocycles. The van der Waals surface area contributed by atoms with Crippen LogP contribution in [-0.2, 0) is 9.59 Å². The van der Waals surface area contributed by atoms with Gasteiger partial charge in [-0.1, -0.05) is 76.2 Å². The molecule has 8 heteroatoms. The van der Waals surface area contributed by atoms with Gasteiger partial charge in [-0.05, 0) is 111 Å². The standard InChI is InChI=1S/C43H58N4O4/c1-29(2)26-36(34-16-8-10-18-38(34)46-22-12-6-13-23-46)44-41(48)40(32-20-21-33(43(50)51)31(5)28-32)42(49)45-37(27-30(3)4)35-17-9-11-19-39(35)47-24-14-7-15-25-47/h8-11,16-21,28-30,36-37,40H,6-7,12-15,22-27H2,1-5H3,(H,44,48)(H,45,49)(H,50,51). The lowest BCUT2D eigenvalue weighted by Crippen LogP contribution is -2.43. The number of carboxylic acids is 1. The van der Waals surface area contributed by atoms with E-state index in [1.807, 2.05) is 12.1 Å². The average molecular weight is 695 g/mol. The lowest BCUT2D eigenvalue weighted by atomic mass is 9.89. The number of hydrogen-bond acceptors (Lipinski definition) is 5. The fraction of sp³-hybridized carbons (Fsp3) is 0.512. The van der Waals surface area contributed by atoms with Crippen LogP contribution in [0.1, 0.15) is 130 Å². The zero-order valence-corrected chi connectivity index (χ0v) is 31.3. The molecule has 2 aliphatic rings. The predicted octanol–water partition coefficient (Wildman–Crippen LogP) is 8.56. The number of carbonyl (C=O) groups excluding carboxylic acids is 2. The number of benzene rings is 3. The van der Waals surface area contributed by atoms with E-state index in [2.05, 4.69) is 84.5 Å². The van der Waals surface area contributed by atoms with Crippen molar-refractivity contribution in [1.29, 1.82) is 0 Å². The molecule has 0 radical (unpaired) electrons. The lowest BCUT2D eigenvalue weighted by Gasteiger charge is -2.34. The number of amides is 2. The molecule has 0 spiro atoms. The molecular weight excluding hydrogens is 636 g/mol. The van der Waals surface area contributed by atoms with Crippen molar-refractivity contribution in [1.82, 2.24) is 10.6 Å². The first-order valence-corrected chi connectivity index (χ1v) is 19.2. The van der Waals surface area contributed by atoms with Gasteiger partial charge in [0.1, 0.15) is 5.92 Å². The molecule has 51 heavy (non-hydrogen) atoms. The number of aryl methyl sites for hydroxylation is 1. The maximum Gasteiger partial charge on any atom is 0.335 e. The van der Waals surface area contributed by atoms with Gasteiger partial charge in [0, 0.05) is 37.6 Å². The molecule has 0 bridgehead atoms. The number of carboxylic acid groups (broad SMARTS) is 1. The van der Waals surface area contributed by atoms with Gasteiger partial charge in [0.15, 0.2) is 0 Å². The monoisotopic (exact) mass is 694 g/mol. The second-order valence-electron chi connectivity index (χ2n) is 15.4. The number of rotatable bonds is 14. The van der Waals surface area contributed by atoms with Crippen LogP contribution in [0.3, 0.4) is 0 Å². The molecule has 3 aromatic rings. The summed E-state index contributed by atoms with van der Waals surface area (Å²) in [6.45, 7) is 14.2. The maximum atomic E-state index is 14.7. The van der Waals surface area contributed by atoms with Crippen LogP contribution in [0.25, 0.3) is 0 Å². The van der Waals surface area contributed by atoms with Crippen LogP contribution in [0, 0.1) is 18.8 Å². The van der Waals surface area contributed by atoms with Crippen molar-refractivity contribution in [3.8, 4) is 0 Å². The Hall–Kier alpha value is -4.33. The number of para-hydroxylation sites is 2. The summed E-state index contributed by atoms with van der Waals surface area (Å²) in [7, 11) is 0. The molecule has 2 saturated heterocycles. The third-order valence-electron chi connectivity index (χ3n) is 10.4. The quantitative estimate of drug-likeness (QED) is 0.146. The minimum atomic E-state index is -1.18.